The number of thiophene rings is 1. The van der Waals surface area contributed by atoms with Gasteiger partial charge in [-0.2, -0.15) is 0 Å². The van der Waals surface area contributed by atoms with E-state index < -0.39 is 0 Å². The lowest BCUT2D eigenvalue weighted by Crippen LogP contribution is -2.15. The first-order chi connectivity index (χ1) is 8.74. The van der Waals surface area contributed by atoms with Crippen LogP contribution in [0.25, 0.3) is 9.88 Å². The molecule has 0 unspecified atom stereocenters. The van der Waals surface area contributed by atoms with Crippen LogP contribution in [0.15, 0.2) is 17.5 Å². The van der Waals surface area contributed by atoms with Crippen LogP contribution >= 0.6 is 22.7 Å². The second kappa shape index (κ2) is 5.11. The number of aromatic nitrogens is 1. The first-order valence-corrected chi connectivity index (χ1v) is 8.20. The highest BCUT2D eigenvalue weighted by Gasteiger charge is 2.22. The van der Waals surface area contributed by atoms with Crippen molar-refractivity contribution in [3.8, 4) is 9.88 Å². The van der Waals surface area contributed by atoms with Crippen LogP contribution in [0.4, 0.5) is 0 Å². The Labute approximate surface area is 116 Å². The minimum atomic E-state index is 0.506. The number of hydrogen-bond acceptors (Lipinski definition) is 4. The molecule has 96 valence electrons. The van der Waals surface area contributed by atoms with Crippen molar-refractivity contribution in [1.29, 1.82) is 0 Å². The van der Waals surface area contributed by atoms with E-state index in [4.69, 9.17) is 4.98 Å². The van der Waals surface area contributed by atoms with E-state index >= 15 is 0 Å². The zero-order valence-corrected chi connectivity index (χ0v) is 12.4. The van der Waals surface area contributed by atoms with Crippen LogP contribution in [-0.2, 0) is 6.54 Å². The van der Waals surface area contributed by atoms with Crippen molar-refractivity contribution in [2.45, 2.75) is 45.2 Å². The molecule has 2 aromatic heterocycles. The lowest BCUT2D eigenvalue weighted by molar-refractivity contribution is 0.681. The van der Waals surface area contributed by atoms with Gasteiger partial charge in [0.1, 0.15) is 5.01 Å². The molecule has 18 heavy (non-hydrogen) atoms. The monoisotopic (exact) mass is 278 g/mol. The summed E-state index contributed by atoms with van der Waals surface area (Å²) in [6.45, 7) is 5.45. The fourth-order valence-electron chi connectivity index (χ4n) is 1.97. The Hall–Kier alpha value is -0.710. The van der Waals surface area contributed by atoms with E-state index in [-0.39, 0.29) is 0 Å². The molecule has 0 bridgehead atoms. The Morgan fingerprint density at radius 3 is 2.89 bits per heavy atom. The number of thiazole rings is 1. The average Bonchev–Trinajstić information content (AvgIpc) is 2.87. The molecule has 0 atom stereocenters. The predicted molar refractivity (Wildman–Crippen MR) is 79.4 cm³/mol. The van der Waals surface area contributed by atoms with E-state index in [0.717, 1.165) is 12.6 Å². The van der Waals surface area contributed by atoms with Gasteiger partial charge in [0.15, 0.2) is 0 Å². The van der Waals surface area contributed by atoms with Crippen LogP contribution in [0.2, 0.25) is 0 Å². The minimum absolute atomic E-state index is 0.506. The molecule has 2 nitrogen and oxygen atoms in total. The molecule has 1 aliphatic rings. The number of nitrogens with one attached hydrogen (secondary N) is 1. The van der Waals surface area contributed by atoms with Gasteiger partial charge in [0, 0.05) is 17.5 Å². The first-order valence-electron chi connectivity index (χ1n) is 6.51. The lowest BCUT2D eigenvalue weighted by Gasteiger charge is -2.05. The van der Waals surface area contributed by atoms with Gasteiger partial charge in [0.2, 0.25) is 0 Å². The molecular weight excluding hydrogens is 260 g/mol. The zero-order chi connectivity index (χ0) is 12.5. The summed E-state index contributed by atoms with van der Waals surface area (Å²) >= 11 is 3.63. The van der Waals surface area contributed by atoms with E-state index in [2.05, 4.69) is 36.7 Å². The van der Waals surface area contributed by atoms with Crippen molar-refractivity contribution in [1.82, 2.24) is 10.3 Å². The molecule has 1 aliphatic carbocycles. The molecule has 2 heterocycles. The van der Waals surface area contributed by atoms with Gasteiger partial charge >= 0.3 is 0 Å². The van der Waals surface area contributed by atoms with E-state index in [1.807, 2.05) is 11.3 Å². The summed E-state index contributed by atoms with van der Waals surface area (Å²) in [5.74, 6) is 0.506. The summed E-state index contributed by atoms with van der Waals surface area (Å²) < 4.78 is 0. The highest BCUT2D eigenvalue weighted by molar-refractivity contribution is 7.21. The summed E-state index contributed by atoms with van der Waals surface area (Å²) in [6, 6.07) is 5.02. The summed E-state index contributed by atoms with van der Waals surface area (Å²) in [5.41, 5.74) is 1.27. The molecule has 1 fully saturated rings. The summed E-state index contributed by atoms with van der Waals surface area (Å²) in [5, 5.41) is 6.90. The van der Waals surface area contributed by atoms with Gasteiger partial charge in [-0.05, 0) is 30.2 Å². The molecule has 0 aliphatic heterocycles. The van der Waals surface area contributed by atoms with Gasteiger partial charge in [-0.25, -0.2) is 4.98 Å². The molecule has 1 saturated carbocycles. The van der Waals surface area contributed by atoms with Crippen LogP contribution in [0.3, 0.4) is 0 Å². The van der Waals surface area contributed by atoms with Crippen LogP contribution in [0.5, 0.6) is 0 Å². The van der Waals surface area contributed by atoms with Crippen LogP contribution in [0, 0.1) is 0 Å². The zero-order valence-electron chi connectivity index (χ0n) is 10.8. The van der Waals surface area contributed by atoms with Crippen LogP contribution < -0.4 is 5.32 Å². The van der Waals surface area contributed by atoms with Gasteiger partial charge in [-0.3, -0.25) is 0 Å². The SMILES string of the molecule is CC(C)c1nc(-c2cccs2)sc1CNC1CC1. The highest BCUT2D eigenvalue weighted by atomic mass is 32.1. The van der Waals surface area contributed by atoms with Crippen molar-refractivity contribution in [3.63, 3.8) is 0 Å². The molecule has 1 N–H and O–H groups in total. The molecule has 0 saturated heterocycles. The predicted octanol–water partition coefficient (Wildman–Crippen LogP) is 4.25. The molecule has 0 spiro atoms. The molecule has 2 aromatic rings. The van der Waals surface area contributed by atoms with Gasteiger partial charge in [-0.1, -0.05) is 19.9 Å². The number of hydrogen-bond donors (Lipinski definition) is 1. The number of rotatable bonds is 5. The fourth-order valence-corrected chi connectivity index (χ4v) is 3.94. The van der Waals surface area contributed by atoms with Crippen LogP contribution in [-0.4, -0.2) is 11.0 Å². The maximum Gasteiger partial charge on any atom is 0.133 e. The van der Waals surface area contributed by atoms with Crippen molar-refractivity contribution in [3.05, 3.63) is 28.1 Å². The standard InChI is InChI=1S/C14H18N2S2/c1-9(2)13-12(8-15-10-5-6-10)18-14(16-13)11-4-3-7-17-11/h3-4,7,9-10,15H,5-6,8H2,1-2H3. The van der Waals surface area contributed by atoms with Gasteiger partial charge in [0.25, 0.3) is 0 Å². The third-order valence-electron chi connectivity index (χ3n) is 3.14. The summed E-state index contributed by atoms with van der Waals surface area (Å²) in [6.07, 6.45) is 2.68. The van der Waals surface area contributed by atoms with Crippen molar-refractivity contribution in [2.24, 2.45) is 0 Å². The van der Waals surface area contributed by atoms with Crippen molar-refractivity contribution in [2.75, 3.05) is 0 Å². The molecule has 4 heteroatoms. The van der Waals surface area contributed by atoms with E-state index in [9.17, 15) is 0 Å². The van der Waals surface area contributed by atoms with E-state index in [1.165, 1.54) is 33.3 Å². The molecular formula is C14H18N2S2. The van der Waals surface area contributed by atoms with E-state index in [0.29, 0.717) is 5.92 Å². The fraction of sp³-hybridized carbons (Fsp3) is 0.500. The minimum Gasteiger partial charge on any atom is -0.309 e. The largest absolute Gasteiger partial charge is 0.309 e. The highest BCUT2D eigenvalue weighted by Crippen LogP contribution is 2.34. The van der Waals surface area contributed by atoms with Crippen LogP contribution in [0.1, 0.15) is 43.2 Å². The smallest absolute Gasteiger partial charge is 0.133 e. The Bertz CT molecular complexity index is 510. The molecule has 0 amide bonds. The lowest BCUT2D eigenvalue weighted by atomic mass is 10.1. The second-order valence-electron chi connectivity index (χ2n) is 5.11. The quantitative estimate of drug-likeness (QED) is 0.884. The first kappa shape index (κ1) is 12.3. The van der Waals surface area contributed by atoms with Crippen molar-refractivity contribution < 1.29 is 0 Å². The maximum absolute atomic E-state index is 4.84. The maximum atomic E-state index is 4.84. The average molecular weight is 278 g/mol. The summed E-state index contributed by atoms with van der Waals surface area (Å²) in [7, 11) is 0. The molecule has 0 radical (unpaired) electrons. The third-order valence-corrected chi connectivity index (χ3v) is 5.25. The van der Waals surface area contributed by atoms with Gasteiger partial charge < -0.3 is 5.32 Å². The Morgan fingerprint density at radius 1 is 1.44 bits per heavy atom. The normalized spacial score (nSPS) is 15.5. The Balaban J connectivity index is 1.85. The van der Waals surface area contributed by atoms with Gasteiger partial charge in [-0.15, -0.1) is 22.7 Å². The van der Waals surface area contributed by atoms with E-state index in [1.54, 1.807) is 11.3 Å². The van der Waals surface area contributed by atoms with Crippen molar-refractivity contribution >= 4 is 22.7 Å². The Morgan fingerprint density at radius 2 is 2.28 bits per heavy atom. The number of nitrogens with zero attached hydrogens (tertiary/aromatic N) is 1. The third kappa shape index (κ3) is 2.66. The molecule has 0 aromatic carbocycles. The summed E-state index contributed by atoms with van der Waals surface area (Å²) in [4.78, 5) is 7.55. The second-order valence-corrected chi connectivity index (χ2v) is 7.15. The topological polar surface area (TPSA) is 24.9 Å². The molecule has 3 rings (SSSR count). The van der Waals surface area contributed by atoms with Gasteiger partial charge in [0.05, 0.1) is 10.6 Å². The Kier molecular flexibility index (Phi) is 3.50.